The second-order valence-corrected chi connectivity index (χ2v) is 24.6. The normalized spacial score (nSPS) is 44.2. The number of rotatable bonds is 18. The highest BCUT2D eigenvalue weighted by atomic mass is 14.8. The Bertz CT molecular complexity index is 1740. The number of hydrogen-bond acceptors (Lipinski definition) is 12. The third-order valence-corrected chi connectivity index (χ3v) is 21.2. The third-order valence-electron chi connectivity index (χ3n) is 21.2. The van der Waals surface area contributed by atoms with Gasteiger partial charge in [0.1, 0.15) is 0 Å². The van der Waals surface area contributed by atoms with Gasteiger partial charge in [0, 0.05) is 12.1 Å². The van der Waals surface area contributed by atoms with Crippen molar-refractivity contribution in [3.8, 4) is 0 Å². The van der Waals surface area contributed by atoms with Crippen molar-refractivity contribution >= 4 is 0 Å². The van der Waals surface area contributed by atoms with Crippen LogP contribution >= 0.6 is 0 Å². The minimum Gasteiger partial charge on any atom is -0.330 e. The van der Waals surface area contributed by atoms with Crippen LogP contribution < -0.4 is 68.8 Å². The number of hydrogen-bond donors (Lipinski definition) is 12. The fourth-order valence-electron chi connectivity index (χ4n) is 17.3. The summed E-state index contributed by atoms with van der Waals surface area (Å²) in [6, 6.07) is 0.785. The first-order chi connectivity index (χ1) is 35.1. The Morgan fingerprint density at radius 1 is 0.222 bits per heavy atom. The van der Waals surface area contributed by atoms with Gasteiger partial charge in [-0.1, -0.05) is 79.3 Å². The minimum absolute atomic E-state index is 0.347. The largest absolute Gasteiger partial charge is 0.330 e. The molecule has 0 aromatic heterocycles. The Morgan fingerprint density at radius 3 is 0.736 bits per heavy atom. The molecule has 12 nitrogen and oxygen atoms in total. The van der Waals surface area contributed by atoms with E-state index in [-0.39, 0.29) is 0 Å². The zero-order valence-corrected chi connectivity index (χ0v) is 44.7. The van der Waals surface area contributed by atoms with Crippen LogP contribution in [-0.4, -0.2) is 77.5 Å². The lowest BCUT2D eigenvalue weighted by molar-refractivity contribution is 0.282. The van der Waals surface area contributed by atoms with Gasteiger partial charge in [-0.3, -0.25) is 0 Å². The highest BCUT2D eigenvalue weighted by Crippen LogP contribution is 2.52. The fourth-order valence-corrected chi connectivity index (χ4v) is 17.3. The van der Waals surface area contributed by atoms with Crippen LogP contribution in [0.2, 0.25) is 0 Å². The van der Waals surface area contributed by atoms with Gasteiger partial charge in [0.05, 0.1) is 0 Å². The van der Waals surface area contributed by atoms with Gasteiger partial charge in [-0.15, -0.1) is 0 Å². The lowest BCUT2D eigenvalue weighted by Gasteiger charge is -2.27. The lowest BCUT2D eigenvalue weighted by atomic mass is 9.79. The number of fused-ring (bicyclic) bond motifs is 12. The Labute approximate surface area is 437 Å². The van der Waals surface area contributed by atoms with Crippen molar-refractivity contribution < 1.29 is 0 Å². The van der Waals surface area contributed by atoms with Gasteiger partial charge in [-0.05, 0) is 279 Å². The smallest absolute Gasteiger partial charge is 0.0148 e. The van der Waals surface area contributed by atoms with Gasteiger partial charge in [-0.2, -0.15) is 0 Å². The molecule has 0 radical (unpaired) electrons. The van der Waals surface area contributed by atoms with Crippen LogP contribution in [0.3, 0.4) is 0 Å². The monoisotopic (exact) mass is 997 g/mol. The Hall–Kier alpha value is -2.04. The summed E-state index contributed by atoms with van der Waals surface area (Å²) in [5, 5.41) is 0. The van der Waals surface area contributed by atoms with Gasteiger partial charge >= 0.3 is 0 Å². The molecule has 12 rings (SSSR count). The Balaban J connectivity index is 0.000000127. The van der Waals surface area contributed by atoms with E-state index in [0.717, 1.165) is 179 Å². The molecule has 0 aliphatic heterocycles. The lowest BCUT2D eigenvalue weighted by Crippen LogP contribution is -2.37. The number of unbranched alkanes of at least 4 members (excludes halogenated alkanes) is 1. The SMILES string of the molecule is NCC1C2C=CC(C2)C1CN.NCC1C2C=CC(C2)C1N.NCCC1C2C=CC(C2)C1CCN.NCCC1C2C=CC(C2)C1CN.NCCCC1C2C=CC(C2)C1CN.NCCCCC1C2C=CC(C2)C1N. The third kappa shape index (κ3) is 13.2. The van der Waals surface area contributed by atoms with Gasteiger partial charge in [0.25, 0.3) is 0 Å². The molecule has 0 amide bonds. The summed E-state index contributed by atoms with van der Waals surface area (Å²) in [5.41, 5.74) is 68.6. The van der Waals surface area contributed by atoms with E-state index in [1.807, 2.05) is 0 Å². The van der Waals surface area contributed by atoms with Crippen LogP contribution in [0, 0.1) is 130 Å². The van der Waals surface area contributed by atoms with Crippen molar-refractivity contribution in [2.75, 3.05) is 65.4 Å². The highest BCUT2D eigenvalue weighted by molar-refractivity contribution is 5.18. The molecule has 24 atom stereocenters. The molecule has 0 spiro atoms. The van der Waals surface area contributed by atoms with E-state index in [1.165, 1.54) is 70.6 Å². The van der Waals surface area contributed by atoms with Gasteiger partial charge in [-0.25, -0.2) is 0 Å². The summed E-state index contributed by atoms with van der Waals surface area (Å²) in [6.07, 6.45) is 45.8. The van der Waals surface area contributed by atoms with E-state index in [1.54, 1.807) is 0 Å². The van der Waals surface area contributed by atoms with Crippen LogP contribution in [0.5, 0.6) is 0 Å². The molecule has 24 N–H and O–H groups in total. The second kappa shape index (κ2) is 28.4. The molecule has 408 valence electrons. The molecule has 0 saturated heterocycles. The maximum absolute atomic E-state index is 6.16. The van der Waals surface area contributed by atoms with Crippen LogP contribution in [0.1, 0.15) is 89.9 Å². The van der Waals surface area contributed by atoms with Crippen molar-refractivity contribution in [3.63, 3.8) is 0 Å². The molecule has 12 aliphatic rings. The second-order valence-electron chi connectivity index (χ2n) is 24.6. The molecule has 0 aromatic rings. The first-order valence-electron chi connectivity index (χ1n) is 29.7. The van der Waals surface area contributed by atoms with Gasteiger partial charge in [0.2, 0.25) is 0 Å². The van der Waals surface area contributed by atoms with Crippen LogP contribution in [0.4, 0.5) is 0 Å². The van der Waals surface area contributed by atoms with Gasteiger partial charge < -0.3 is 68.8 Å². The van der Waals surface area contributed by atoms with Crippen molar-refractivity contribution in [1.29, 1.82) is 0 Å². The van der Waals surface area contributed by atoms with E-state index in [0.29, 0.717) is 47.6 Å². The predicted molar refractivity (Wildman–Crippen MR) is 303 cm³/mol. The molecule has 24 unspecified atom stereocenters. The summed E-state index contributed by atoms with van der Waals surface area (Å²) in [5.74, 6) is 16.6. The van der Waals surface area contributed by atoms with Crippen molar-refractivity contribution in [3.05, 3.63) is 72.9 Å². The highest BCUT2D eigenvalue weighted by Gasteiger charge is 2.46. The zero-order chi connectivity index (χ0) is 51.3. The van der Waals surface area contributed by atoms with Crippen LogP contribution in [0.25, 0.3) is 0 Å². The maximum Gasteiger partial charge on any atom is 0.0148 e. The molecular weight excluding hydrogens is 889 g/mol. The standard InChI is InChI=1S/3C11H20N2.C10H18N2.C9H16N2.C8H14N2/c12-5-3-10-8-1-2-9(7-8)11(10)4-6-13;12-5-1-2-10-8-3-4-9(6-8)11(10)7-13;12-6-2-1-3-10-8-4-5-9(7-8)11(10)13;11-4-3-9-7-1-2-8(5-7)10(9)6-12;10-4-8-6-1-2-7(3-6)9(8)5-11;9-4-7-5-1-2-6(3-5)8(7)10/h1-2,8-11H,3-7,12-13H2;3-4,8-11H,1-2,5-7,12-13H2;4-5,8-11H,1-3,6-7,12-13H2;1-2,7-10H,3-6,11-12H2;1-2,6-9H,3-5,10-11H2;1-2,5-8H,3-4,9-10H2. The predicted octanol–water partition coefficient (Wildman–Crippen LogP) is 4.68. The van der Waals surface area contributed by atoms with Crippen LogP contribution in [-0.2, 0) is 0 Å². The van der Waals surface area contributed by atoms with E-state index < -0.39 is 0 Å². The van der Waals surface area contributed by atoms with E-state index in [2.05, 4.69) is 72.9 Å². The summed E-state index contributed by atoms with van der Waals surface area (Å²) in [4.78, 5) is 0. The van der Waals surface area contributed by atoms with Gasteiger partial charge in [0.15, 0.2) is 0 Å². The first kappa shape index (κ1) is 57.7. The summed E-state index contributed by atoms with van der Waals surface area (Å²) < 4.78 is 0. The molecule has 0 aromatic carbocycles. The number of nitrogens with two attached hydrogens (primary N) is 12. The van der Waals surface area contributed by atoms with Crippen molar-refractivity contribution in [1.82, 2.24) is 0 Å². The summed E-state index contributed by atoms with van der Waals surface area (Å²) in [6.45, 7) is 8.23. The minimum atomic E-state index is 0.347. The average molecular weight is 998 g/mol. The molecule has 12 aliphatic carbocycles. The summed E-state index contributed by atoms with van der Waals surface area (Å²) >= 11 is 0. The molecule has 72 heavy (non-hydrogen) atoms. The first-order valence-corrected chi connectivity index (χ1v) is 29.7. The molecule has 0 heterocycles. The Morgan fingerprint density at radius 2 is 0.458 bits per heavy atom. The van der Waals surface area contributed by atoms with Crippen LogP contribution in [0.15, 0.2) is 72.9 Å². The topological polar surface area (TPSA) is 312 Å². The van der Waals surface area contributed by atoms with Crippen molar-refractivity contribution in [2.24, 2.45) is 199 Å². The van der Waals surface area contributed by atoms with E-state index in [4.69, 9.17) is 68.8 Å². The fraction of sp³-hybridized carbons (Fsp3) is 0.800. The molecule has 6 fully saturated rings. The number of allylic oxidation sites excluding steroid dienone is 10. The quantitative estimate of drug-likeness (QED) is 0.0659. The molecule has 12 heteroatoms. The van der Waals surface area contributed by atoms with E-state index >= 15 is 0 Å². The Kier molecular flexibility index (Phi) is 22.7. The van der Waals surface area contributed by atoms with E-state index in [9.17, 15) is 0 Å². The molecule has 6 saturated carbocycles. The molecular formula is C60H108N12. The zero-order valence-electron chi connectivity index (χ0n) is 44.7. The summed E-state index contributed by atoms with van der Waals surface area (Å²) in [7, 11) is 0. The maximum atomic E-state index is 6.16. The van der Waals surface area contributed by atoms with Crippen molar-refractivity contribution in [2.45, 2.75) is 102 Å². The molecule has 12 bridgehead atoms. The average Bonchev–Trinajstić information content (AvgIpc) is 4.25.